The maximum atomic E-state index is 12.2. The molecule has 2 aromatic carbocycles. The van der Waals surface area contributed by atoms with E-state index < -0.39 is 18.1 Å². The Morgan fingerprint density at radius 1 is 1.11 bits per heavy atom. The van der Waals surface area contributed by atoms with Crippen LogP contribution in [0.2, 0.25) is 0 Å². The molecule has 28 heavy (non-hydrogen) atoms. The van der Waals surface area contributed by atoms with Gasteiger partial charge in [0.25, 0.3) is 0 Å². The van der Waals surface area contributed by atoms with Crippen LogP contribution >= 0.6 is 0 Å². The summed E-state index contributed by atoms with van der Waals surface area (Å²) in [6, 6.07) is 15.7. The Bertz CT molecular complexity index is 833. The highest BCUT2D eigenvalue weighted by Crippen LogP contribution is 2.44. The molecule has 3 N–H and O–H groups in total. The van der Waals surface area contributed by atoms with Gasteiger partial charge in [0.15, 0.2) is 0 Å². The summed E-state index contributed by atoms with van der Waals surface area (Å²) in [5, 5.41) is 2.63. The SMILES string of the molecule is C/C=C/OC(=O)CC(CN)NC(=O)OCC1c2ccccc2-c2ccccc21. The molecule has 6 heteroatoms. The molecule has 1 amide bonds. The smallest absolute Gasteiger partial charge is 0.407 e. The van der Waals surface area contributed by atoms with Crippen molar-refractivity contribution in [2.75, 3.05) is 13.2 Å². The molecule has 0 saturated carbocycles. The van der Waals surface area contributed by atoms with Crippen molar-refractivity contribution in [1.82, 2.24) is 5.32 Å². The molecule has 1 aliphatic carbocycles. The summed E-state index contributed by atoms with van der Waals surface area (Å²) >= 11 is 0. The second-order valence-electron chi connectivity index (χ2n) is 6.57. The Kier molecular flexibility index (Phi) is 6.45. The van der Waals surface area contributed by atoms with E-state index in [1.807, 2.05) is 24.3 Å². The number of carbonyl (C=O) groups is 2. The molecule has 6 nitrogen and oxygen atoms in total. The molecule has 1 aliphatic rings. The molecule has 146 valence electrons. The van der Waals surface area contributed by atoms with Gasteiger partial charge in [0.1, 0.15) is 6.61 Å². The van der Waals surface area contributed by atoms with Crippen LogP contribution in [0.3, 0.4) is 0 Å². The molecule has 2 aromatic rings. The normalized spacial score (nSPS) is 13.6. The molecule has 0 spiro atoms. The van der Waals surface area contributed by atoms with Crippen LogP contribution in [0.25, 0.3) is 11.1 Å². The van der Waals surface area contributed by atoms with Crippen LogP contribution in [0, 0.1) is 0 Å². The topological polar surface area (TPSA) is 90.6 Å². The van der Waals surface area contributed by atoms with Gasteiger partial charge in [-0.1, -0.05) is 54.6 Å². The number of fused-ring (bicyclic) bond motifs is 3. The number of nitrogens with one attached hydrogen (secondary N) is 1. The average Bonchev–Trinajstić information content (AvgIpc) is 3.04. The van der Waals surface area contributed by atoms with Gasteiger partial charge in [0.05, 0.1) is 18.7 Å². The maximum Gasteiger partial charge on any atom is 0.407 e. The zero-order valence-electron chi connectivity index (χ0n) is 15.8. The third kappa shape index (κ3) is 4.40. The van der Waals surface area contributed by atoms with Crippen LogP contribution in [0.1, 0.15) is 30.4 Å². The van der Waals surface area contributed by atoms with Crippen molar-refractivity contribution < 1.29 is 19.1 Å². The number of allylic oxidation sites excluding steroid dienone is 1. The van der Waals surface area contributed by atoms with Crippen LogP contribution in [-0.4, -0.2) is 31.3 Å². The first-order valence-electron chi connectivity index (χ1n) is 9.26. The zero-order chi connectivity index (χ0) is 19.9. The molecule has 0 heterocycles. The Morgan fingerprint density at radius 3 is 2.29 bits per heavy atom. The predicted molar refractivity (Wildman–Crippen MR) is 107 cm³/mol. The van der Waals surface area contributed by atoms with Gasteiger partial charge in [0.2, 0.25) is 0 Å². The van der Waals surface area contributed by atoms with Crippen LogP contribution in [0.4, 0.5) is 4.79 Å². The number of hydrogen-bond donors (Lipinski definition) is 2. The summed E-state index contributed by atoms with van der Waals surface area (Å²) in [4.78, 5) is 23.9. The second-order valence-corrected chi connectivity index (χ2v) is 6.57. The van der Waals surface area contributed by atoms with E-state index >= 15 is 0 Å². The molecule has 1 unspecified atom stereocenters. The third-order valence-corrected chi connectivity index (χ3v) is 4.70. The minimum absolute atomic E-state index is 0.0193. The molecular weight excluding hydrogens is 356 g/mol. The third-order valence-electron chi connectivity index (χ3n) is 4.70. The van der Waals surface area contributed by atoms with Gasteiger partial charge in [-0.25, -0.2) is 4.79 Å². The minimum Gasteiger partial charge on any atom is -0.449 e. The van der Waals surface area contributed by atoms with Crippen molar-refractivity contribution in [3.8, 4) is 11.1 Å². The first kappa shape index (κ1) is 19.6. The number of esters is 1. The molecule has 0 bridgehead atoms. The van der Waals surface area contributed by atoms with E-state index in [0.717, 1.165) is 11.1 Å². The summed E-state index contributed by atoms with van der Waals surface area (Å²) in [5.41, 5.74) is 10.3. The second kappa shape index (κ2) is 9.19. The largest absolute Gasteiger partial charge is 0.449 e. The average molecular weight is 380 g/mol. The summed E-state index contributed by atoms with van der Waals surface area (Å²) in [6.45, 7) is 2.05. The van der Waals surface area contributed by atoms with Crippen molar-refractivity contribution in [2.45, 2.75) is 25.3 Å². The highest BCUT2D eigenvalue weighted by atomic mass is 16.5. The maximum absolute atomic E-state index is 12.2. The van der Waals surface area contributed by atoms with Crippen molar-refractivity contribution >= 4 is 12.1 Å². The van der Waals surface area contributed by atoms with Gasteiger partial charge in [-0.3, -0.25) is 4.79 Å². The lowest BCUT2D eigenvalue weighted by atomic mass is 9.98. The summed E-state index contributed by atoms with van der Waals surface area (Å²) < 4.78 is 10.3. The van der Waals surface area contributed by atoms with E-state index in [0.29, 0.717) is 0 Å². The number of benzene rings is 2. The molecule has 0 aliphatic heterocycles. The number of ether oxygens (including phenoxy) is 2. The summed E-state index contributed by atoms with van der Waals surface area (Å²) in [7, 11) is 0. The van der Waals surface area contributed by atoms with E-state index in [-0.39, 0.29) is 25.5 Å². The number of rotatable bonds is 7. The van der Waals surface area contributed by atoms with Crippen LogP contribution in [-0.2, 0) is 14.3 Å². The first-order chi connectivity index (χ1) is 13.6. The van der Waals surface area contributed by atoms with Gasteiger partial charge in [-0.2, -0.15) is 0 Å². The molecule has 0 saturated heterocycles. The number of hydrogen-bond acceptors (Lipinski definition) is 5. The van der Waals surface area contributed by atoms with E-state index in [1.54, 1.807) is 13.0 Å². The van der Waals surface area contributed by atoms with E-state index in [9.17, 15) is 9.59 Å². The fourth-order valence-electron chi connectivity index (χ4n) is 3.39. The van der Waals surface area contributed by atoms with Crippen LogP contribution in [0.5, 0.6) is 0 Å². The van der Waals surface area contributed by atoms with Gasteiger partial charge in [-0.05, 0) is 29.2 Å². The Balaban J connectivity index is 1.61. The monoisotopic (exact) mass is 380 g/mol. The zero-order valence-corrected chi connectivity index (χ0v) is 15.8. The van der Waals surface area contributed by atoms with E-state index in [2.05, 4.69) is 29.6 Å². The quantitative estimate of drug-likeness (QED) is 0.568. The van der Waals surface area contributed by atoms with E-state index in [1.165, 1.54) is 17.4 Å². The fraction of sp³-hybridized carbons (Fsp3) is 0.273. The number of carbonyl (C=O) groups excluding carboxylic acids is 2. The summed E-state index contributed by atoms with van der Waals surface area (Å²) in [6.07, 6.45) is 2.28. The van der Waals surface area contributed by atoms with Gasteiger partial charge >= 0.3 is 12.1 Å². The number of alkyl carbamates (subject to hydrolysis) is 1. The Morgan fingerprint density at radius 2 is 1.71 bits per heavy atom. The van der Waals surface area contributed by atoms with Crippen molar-refractivity contribution in [2.24, 2.45) is 5.73 Å². The van der Waals surface area contributed by atoms with Crippen molar-refractivity contribution in [3.05, 3.63) is 72.0 Å². The molecule has 1 atom stereocenters. The first-order valence-corrected chi connectivity index (χ1v) is 9.26. The lowest BCUT2D eigenvalue weighted by Crippen LogP contribution is -2.42. The predicted octanol–water partition coefficient (Wildman–Crippen LogP) is 3.32. The lowest BCUT2D eigenvalue weighted by Gasteiger charge is -2.18. The Labute approximate surface area is 164 Å². The highest BCUT2D eigenvalue weighted by Gasteiger charge is 2.29. The van der Waals surface area contributed by atoms with Gasteiger partial charge in [0, 0.05) is 12.5 Å². The van der Waals surface area contributed by atoms with Crippen molar-refractivity contribution in [3.63, 3.8) is 0 Å². The molecular formula is C22H24N2O4. The number of nitrogens with two attached hydrogens (primary N) is 1. The van der Waals surface area contributed by atoms with Crippen LogP contribution in [0.15, 0.2) is 60.9 Å². The molecule has 0 fully saturated rings. The summed E-state index contributed by atoms with van der Waals surface area (Å²) in [5.74, 6) is -0.485. The minimum atomic E-state index is -0.601. The van der Waals surface area contributed by atoms with Crippen molar-refractivity contribution in [1.29, 1.82) is 0 Å². The molecule has 0 aromatic heterocycles. The molecule has 3 rings (SSSR count). The number of amides is 1. The lowest BCUT2D eigenvalue weighted by molar-refractivity contribution is -0.138. The van der Waals surface area contributed by atoms with E-state index in [4.69, 9.17) is 15.2 Å². The Hall–Kier alpha value is -3.12. The highest BCUT2D eigenvalue weighted by molar-refractivity contribution is 5.79. The fourth-order valence-corrected chi connectivity index (χ4v) is 3.39. The standard InChI is InChI=1S/C22H24N2O4/c1-2-11-27-21(25)12-15(13-23)24-22(26)28-14-20-18-9-5-3-7-16(18)17-8-4-6-10-19(17)20/h2-11,15,20H,12-14,23H2,1H3,(H,24,26)/b11-2+. The van der Waals surface area contributed by atoms with Gasteiger partial charge in [-0.15, -0.1) is 0 Å². The van der Waals surface area contributed by atoms with Crippen LogP contribution < -0.4 is 11.1 Å². The van der Waals surface area contributed by atoms with Gasteiger partial charge < -0.3 is 20.5 Å². The molecule has 0 radical (unpaired) electrons.